The van der Waals surface area contributed by atoms with Crippen LogP contribution in [0.2, 0.25) is 19.6 Å². The first-order chi connectivity index (χ1) is 7.92. The molecule has 0 heterocycles. The molecule has 0 fully saturated rings. The van der Waals surface area contributed by atoms with Crippen molar-refractivity contribution in [3.8, 4) is 11.5 Å². The zero-order chi connectivity index (χ0) is 12.9. The normalized spacial score (nSPS) is 12.8. The standard InChI is InChI=1S/C14H19ClSSi/c1-12-5-7-13(8-6-12)14(16-11-15)9-10-17(2,3)4/h5-8,14H,11H2,1-4H3. The minimum absolute atomic E-state index is 0.208. The zero-order valence-corrected chi connectivity index (χ0v) is 13.5. The average molecular weight is 283 g/mol. The largest absolute Gasteiger partial charge is 0.130 e. The number of rotatable bonds is 3. The Labute approximate surface area is 115 Å². The summed E-state index contributed by atoms with van der Waals surface area (Å²) in [5, 5.41) is 0.790. The number of benzene rings is 1. The van der Waals surface area contributed by atoms with Crippen LogP contribution in [0.4, 0.5) is 0 Å². The lowest BCUT2D eigenvalue weighted by atomic mass is 10.1. The Hall–Kier alpha value is -0.363. The highest BCUT2D eigenvalue weighted by atomic mass is 35.5. The second kappa shape index (κ2) is 6.54. The van der Waals surface area contributed by atoms with Gasteiger partial charge in [-0.25, -0.2) is 0 Å². The Balaban J connectivity index is 2.92. The first-order valence-electron chi connectivity index (χ1n) is 5.69. The number of aryl methyl sites for hydroxylation is 1. The molecule has 1 rings (SSSR count). The molecule has 0 aromatic heterocycles. The van der Waals surface area contributed by atoms with Gasteiger partial charge in [-0.15, -0.1) is 28.9 Å². The first kappa shape index (κ1) is 14.7. The van der Waals surface area contributed by atoms with Gasteiger partial charge < -0.3 is 0 Å². The molecule has 0 bridgehead atoms. The van der Waals surface area contributed by atoms with Crippen LogP contribution < -0.4 is 0 Å². The van der Waals surface area contributed by atoms with Gasteiger partial charge in [0.2, 0.25) is 0 Å². The van der Waals surface area contributed by atoms with E-state index in [-0.39, 0.29) is 5.25 Å². The fraction of sp³-hybridized carbons (Fsp3) is 0.429. The summed E-state index contributed by atoms with van der Waals surface area (Å²) in [6, 6.07) is 8.57. The van der Waals surface area contributed by atoms with Crippen LogP contribution in [0.3, 0.4) is 0 Å². The predicted molar refractivity (Wildman–Crippen MR) is 83.4 cm³/mol. The number of thioether (sulfide) groups is 1. The van der Waals surface area contributed by atoms with Gasteiger partial charge in [0.15, 0.2) is 0 Å². The van der Waals surface area contributed by atoms with Gasteiger partial charge in [-0.2, -0.15) is 0 Å². The monoisotopic (exact) mass is 282 g/mol. The van der Waals surface area contributed by atoms with Crippen molar-refractivity contribution in [3.63, 3.8) is 0 Å². The highest BCUT2D eigenvalue weighted by molar-refractivity contribution is 8.00. The summed E-state index contributed by atoms with van der Waals surface area (Å²) >= 11 is 7.52. The number of alkyl halides is 1. The van der Waals surface area contributed by atoms with Gasteiger partial charge in [0.05, 0.1) is 10.5 Å². The number of halogens is 1. The Morgan fingerprint density at radius 2 is 1.82 bits per heavy atom. The molecule has 1 aromatic carbocycles. The van der Waals surface area contributed by atoms with Crippen molar-refractivity contribution in [2.24, 2.45) is 0 Å². The summed E-state index contributed by atoms with van der Waals surface area (Å²) in [6.45, 7) is 8.88. The maximum absolute atomic E-state index is 5.83. The topological polar surface area (TPSA) is 0 Å². The summed E-state index contributed by atoms with van der Waals surface area (Å²) in [6.07, 6.45) is 0. The van der Waals surface area contributed by atoms with E-state index < -0.39 is 8.07 Å². The maximum atomic E-state index is 5.83. The predicted octanol–water partition coefficient (Wildman–Crippen LogP) is 4.85. The molecule has 0 radical (unpaired) electrons. The van der Waals surface area contributed by atoms with E-state index in [4.69, 9.17) is 11.6 Å². The second-order valence-corrected chi connectivity index (χ2v) is 11.5. The van der Waals surface area contributed by atoms with Crippen LogP contribution in [0.5, 0.6) is 0 Å². The highest BCUT2D eigenvalue weighted by Crippen LogP contribution is 2.29. The van der Waals surface area contributed by atoms with Gasteiger partial charge in [-0.1, -0.05) is 55.4 Å². The minimum Gasteiger partial charge on any atom is -0.130 e. The maximum Gasteiger partial charge on any atom is 0.129 e. The smallest absolute Gasteiger partial charge is 0.129 e. The molecule has 1 aromatic rings. The quantitative estimate of drug-likeness (QED) is 0.434. The van der Waals surface area contributed by atoms with Crippen LogP contribution in [0.15, 0.2) is 24.3 Å². The fourth-order valence-corrected chi connectivity index (χ4v) is 2.99. The summed E-state index contributed by atoms with van der Waals surface area (Å²) < 4.78 is 0. The van der Waals surface area contributed by atoms with Crippen molar-refractivity contribution in [1.82, 2.24) is 0 Å². The second-order valence-electron chi connectivity index (χ2n) is 5.09. The summed E-state index contributed by atoms with van der Waals surface area (Å²) in [4.78, 5) is 0. The van der Waals surface area contributed by atoms with E-state index in [0.717, 1.165) is 0 Å². The van der Waals surface area contributed by atoms with Crippen molar-refractivity contribution in [2.75, 3.05) is 5.21 Å². The SMILES string of the molecule is Cc1ccc(C(C#C[Si](C)(C)C)SCCl)cc1. The Morgan fingerprint density at radius 1 is 1.24 bits per heavy atom. The molecule has 0 spiro atoms. The molecule has 0 aliphatic heterocycles. The fourth-order valence-electron chi connectivity index (χ4n) is 1.31. The molecule has 0 saturated carbocycles. The molecule has 0 amide bonds. The van der Waals surface area contributed by atoms with E-state index in [1.807, 2.05) is 0 Å². The lowest BCUT2D eigenvalue weighted by Gasteiger charge is -2.11. The molecule has 17 heavy (non-hydrogen) atoms. The van der Waals surface area contributed by atoms with Crippen LogP contribution in [-0.2, 0) is 0 Å². The van der Waals surface area contributed by atoms with Gasteiger partial charge in [0.1, 0.15) is 8.07 Å². The highest BCUT2D eigenvalue weighted by Gasteiger charge is 2.11. The minimum atomic E-state index is -1.31. The zero-order valence-electron chi connectivity index (χ0n) is 10.9. The Bertz CT molecular complexity index is 409. The molecular weight excluding hydrogens is 264 g/mol. The van der Waals surface area contributed by atoms with E-state index in [9.17, 15) is 0 Å². The van der Waals surface area contributed by atoms with Crippen LogP contribution in [0, 0.1) is 18.4 Å². The molecule has 3 heteroatoms. The third-order valence-electron chi connectivity index (χ3n) is 2.19. The van der Waals surface area contributed by atoms with Crippen molar-refractivity contribution in [1.29, 1.82) is 0 Å². The molecule has 0 N–H and O–H groups in total. The van der Waals surface area contributed by atoms with E-state index in [2.05, 4.69) is 62.3 Å². The van der Waals surface area contributed by atoms with Crippen molar-refractivity contribution in [2.45, 2.75) is 31.8 Å². The molecular formula is C14H19ClSSi. The molecule has 1 unspecified atom stereocenters. The molecule has 0 aliphatic carbocycles. The van der Waals surface area contributed by atoms with Gasteiger partial charge >= 0.3 is 0 Å². The number of hydrogen-bond donors (Lipinski definition) is 0. The van der Waals surface area contributed by atoms with Gasteiger partial charge in [0, 0.05) is 0 Å². The van der Waals surface area contributed by atoms with Crippen LogP contribution in [-0.4, -0.2) is 13.3 Å². The molecule has 0 nitrogen and oxygen atoms in total. The van der Waals surface area contributed by atoms with Crippen LogP contribution >= 0.6 is 23.4 Å². The first-order valence-corrected chi connectivity index (χ1v) is 10.8. The van der Waals surface area contributed by atoms with E-state index in [1.54, 1.807) is 11.8 Å². The van der Waals surface area contributed by atoms with Gasteiger partial charge in [-0.3, -0.25) is 0 Å². The summed E-state index contributed by atoms with van der Waals surface area (Å²) in [5.41, 5.74) is 5.96. The van der Waals surface area contributed by atoms with Crippen molar-refractivity contribution < 1.29 is 0 Å². The molecule has 0 saturated heterocycles. The van der Waals surface area contributed by atoms with E-state index in [1.165, 1.54) is 11.1 Å². The average Bonchev–Trinajstić information content (AvgIpc) is 2.24. The van der Waals surface area contributed by atoms with Gasteiger partial charge in [-0.05, 0) is 12.5 Å². The van der Waals surface area contributed by atoms with Crippen molar-refractivity contribution >= 4 is 31.4 Å². The summed E-state index contributed by atoms with van der Waals surface area (Å²) in [7, 11) is -1.31. The lowest BCUT2D eigenvalue weighted by Crippen LogP contribution is -2.16. The lowest BCUT2D eigenvalue weighted by molar-refractivity contribution is 1.26. The van der Waals surface area contributed by atoms with Crippen molar-refractivity contribution in [3.05, 3.63) is 35.4 Å². The summed E-state index contributed by atoms with van der Waals surface area (Å²) in [5.74, 6) is 3.39. The third-order valence-corrected chi connectivity index (χ3v) is 4.31. The number of hydrogen-bond acceptors (Lipinski definition) is 1. The molecule has 1 atom stereocenters. The van der Waals surface area contributed by atoms with Crippen LogP contribution in [0.1, 0.15) is 16.4 Å². The van der Waals surface area contributed by atoms with E-state index in [0.29, 0.717) is 5.21 Å². The molecule has 0 aliphatic rings. The Morgan fingerprint density at radius 3 is 2.29 bits per heavy atom. The van der Waals surface area contributed by atoms with Gasteiger partial charge in [0.25, 0.3) is 0 Å². The van der Waals surface area contributed by atoms with E-state index >= 15 is 0 Å². The Kier molecular flexibility index (Phi) is 5.65. The third kappa shape index (κ3) is 5.67. The molecule has 92 valence electrons. The van der Waals surface area contributed by atoms with Crippen LogP contribution in [0.25, 0.3) is 0 Å².